The summed E-state index contributed by atoms with van der Waals surface area (Å²) in [6.07, 6.45) is 5.83. The molecule has 1 saturated carbocycles. The van der Waals surface area contributed by atoms with E-state index in [1.165, 1.54) is 18.4 Å². The first-order valence-corrected chi connectivity index (χ1v) is 6.42. The second-order valence-corrected chi connectivity index (χ2v) is 5.87. The Morgan fingerprint density at radius 2 is 2.25 bits per heavy atom. The van der Waals surface area contributed by atoms with Crippen molar-refractivity contribution in [3.05, 3.63) is 11.6 Å². The van der Waals surface area contributed by atoms with Crippen LogP contribution in [0, 0.1) is 17.8 Å². The Kier molecular flexibility index (Phi) is 2.10. The molecule has 0 spiro atoms. The first-order chi connectivity index (χ1) is 7.56. The highest BCUT2D eigenvalue weighted by Crippen LogP contribution is 2.57. The number of Topliss-reactive ketones (excluding diaryl/α,β-unsaturated/α-hetero) is 1. The largest absolute Gasteiger partial charge is 0.357 e. The predicted octanol–water partition coefficient (Wildman–Crippen LogP) is 2.73. The molecule has 3 aliphatic rings. The molecule has 2 heteroatoms. The van der Waals surface area contributed by atoms with Crippen LogP contribution in [-0.4, -0.2) is 17.5 Å². The average molecular weight is 220 g/mol. The molecule has 0 unspecified atom stereocenters. The monoisotopic (exact) mass is 220 g/mol. The van der Waals surface area contributed by atoms with Crippen molar-refractivity contribution in [3.8, 4) is 0 Å². The Morgan fingerprint density at radius 1 is 1.50 bits per heavy atom. The summed E-state index contributed by atoms with van der Waals surface area (Å²) in [5, 5.41) is 0. The SMILES string of the molecule is CC(=O)[C@@]12CC=C(C)[C@@H]3CC[C@@H](C)[C@H]3[C@@H]1O2. The van der Waals surface area contributed by atoms with E-state index in [-0.39, 0.29) is 11.9 Å². The van der Waals surface area contributed by atoms with Gasteiger partial charge in [-0.15, -0.1) is 0 Å². The highest BCUT2D eigenvalue weighted by atomic mass is 16.6. The van der Waals surface area contributed by atoms with Gasteiger partial charge in [0, 0.05) is 6.42 Å². The summed E-state index contributed by atoms with van der Waals surface area (Å²) in [4.78, 5) is 11.8. The number of carbonyl (C=O) groups is 1. The van der Waals surface area contributed by atoms with Crippen molar-refractivity contribution < 1.29 is 9.53 Å². The van der Waals surface area contributed by atoms with E-state index >= 15 is 0 Å². The summed E-state index contributed by atoms with van der Waals surface area (Å²) in [7, 11) is 0. The normalized spacial score (nSPS) is 50.1. The standard InChI is InChI=1S/C14H20O2/c1-8-6-7-14(10(3)15)13(16-14)12-9(2)4-5-11(8)12/h6,9,11-13H,4-5,7H2,1-3H3/t9-,11+,12-,13+,14+/m1/s1. The maximum absolute atomic E-state index is 11.8. The Balaban J connectivity index is 1.97. The van der Waals surface area contributed by atoms with Gasteiger partial charge < -0.3 is 4.74 Å². The van der Waals surface area contributed by atoms with Crippen molar-refractivity contribution in [2.24, 2.45) is 17.8 Å². The van der Waals surface area contributed by atoms with Gasteiger partial charge in [-0.2, -0.15) is 0 Å². The lowest BCUT2D eigenvalue weighted by atomic mass is 9.81. The molecule has 1 saturated heterocycles. The van der Waals surface area contributed by atoms with E-state index in [2.05, 4.69) is 19.9 Å². The Bertz CT molecular complexity index is 371. The number of carbonyl (C=O) groups excluding carboxylic acids is 1. The van der Waals surface area contributed by atoms with Crippen LogP contribution < -0.4 is 0 Å². The maximum Gasteiger partial charge on any atom is 0.164 e. The Labute approximate surface area is 97.1 Å². The number of ether oxygens (including phenoxy) is 1. The van der Waals surface area contributed by atoms with Crippen LogP contribution in [0.2, 0.25) is 0 Å². The third kappa shape index (κ3) is 1.20. The van der Waals surface area contributed by atoms with Crippen LogP contribution in [-0.2, 0) is 9.53 Å². The van der Waals surface area contributed by atoms with Crippen molar-refractivity contribution in [1.29, 1.82) is 0 Å². The minimum atomic E-state index is -0.431. The summed E-state index contributed by atoms with van der Waals surface area (Å²) < 4.78 is 5.85. The minimum Gasteiger partial charge on any atom is -0.357 e. The van der Waals surface area contributed by atoms with Crippen LogP contribution in [0.15, 0.2) is 11.6 Å². The van der Waals surface area contributed by atoms with Gasteiger partial charge in [-0.1, -0.05) is 18.6 Å². The van der Waals surface area contributed by atoms with Crippen LogP contribution in [0.3, 0.4) is 0 Å². The average Bonchev–Trinajstić information content (AvgIpc) is 2.86. The summed E-state index contributed by atoms with van der Waals surface area (Å²) in [6.45, 7) is 6.23. The van der Waals surface area contributed by atoms with Crippen molar-refractivity contribution in [3.63, 3.8) is 0 Å². The quantitative estimate of drug-likeness (QED) is 0.502. The van der Waals surface area contributed by atoms with E-state index in [0.29, 0.717) is 17.8 Å². The zero-order valence-corrected chi connectivity index (χ0v) is 10.3. The first-order valence-electron chi connectivity index (χ1n) is 6.42. The summed E-state index contributed by atoms with van der Waals surface area (Å²) in [6, 6.07) is 0. The molecule has 5 atom stereocenters. The van der Waals surface area contributed by atoms with E-state index in [0.717, 1.165) is 6.42 Å². The molecule has 0 aromatic carbocycles. The van der Waals surface area contributed by atoms with Crippen LogP contribution in [0.25, 0.3) is 0 Å². The molecule has 0 amide bonds. The molecule has 0 aromatic heterocycles. The van der Waals surface area contributed by atoms with Gasteiger partial charge in [-0.3, -0.25) is 4.79 Å². The van der Waals surface area contributed by atoms with Crippen molar-refractivity contribution in [2.45, 2.75) is 51.7 Å². The predicted molar refractivity (Wildman–Crippen MR) is 62.0 cm³/mol. The first kappa shape index (κ1) is 10.5. The summed E-state index contributed by atoms with van der Waals surface area (Å²) >= 11 is 0. The molecular formula is C14H20O2. The van der Waals surface area contributed by atoms with Gasteiger partial charge in [0.25, 0.3) is 0 Å². The van der Waals surface area contributed by atoms with Gasteiger partial charge >= 0.3 is 0 Å². The van der Waals surface area contributed by atoms with Crippen molar-refractivity contribution >= 4 is 5.78 Å². The Hall–Kier alpha value is -0.630. The topological polar surface area (TPSA) is 29.6 Å². The smallest absolute Gasteiger partial charge is 0.164 e. The lowest BCUT2D eigenvalue weighted by Crippen LogP contribution is -2.29. The number of allylic oxidation sites excluding steroid dienone is 1. The molecule has 2 aliphatic carbocycles. The van der Waals surface area contributed by atoms with Gasteiger partial charge in [0.1, 0.15) is 0 Å². The molecule has 88 valence electrons. The fourth-order valence-electron chi connectivity index (χ4n) is 3.90. The number of fused-ring (bicyclic) bond motifs is 3. The van der Waals surface area contributed by atoms with E-state index in [1.54, 1.807) is 6.92 Å². The number of rotatable bonds is 1. The number of hydrogen-bond acceptors (Lipinski definition) is 2. The maximum atomic E-state index is 11.8. The fraction of sp³-hybridized carbons (Fsp3) is 0.786. The zero-order chi connectivity index (χ0) is 11.5. The molecule has 0 N–H and O–H groups in total. The lowest BCUT2D eigenvalue weighted by molar-refractivity contribution is -0.121. The van der Waals surface area contributed by atoms with Gasteiger partial charge in [-0.05, 0) is 44.4 Å². The number of ketones is 1. The Morgan fingerprint density at radius 3 is 2.94 bits per heavy atom. The second-order valence-electron chi connectivity index (χ2n) is 5.87. The second kappa shape index (κ2) is 3.19. The minimum absolute atomic E-state index is 0.209. The van der Waals surface area contributed by atoms with E-state index in [4.69, 9.17) is 4.74 Å². The third-order valence-electron chi connectivity index (χ3n) is 5.05. The molecule has 2 nitrogen and oxygen atoms in total. The van der Waals surface area contributed by atoms with E-state index in [1.807, 2.05) is 0 Å². The molecule has 1 heterocycles. The van der Waals surface area contributed by atoms with Gasteiger partial charge in [-0.25, -0.2) is 0 Å². The molecule has 0 aromatic rings. The van der Waals surface area contributed by atoms with Crippen LogP contribution in [0.1, 0.15) is 40.0 Å². The molecule has 16 heavy (non-hydrogen) atoms. The molecule has 0 radical (unpaired) electrons. The highest BCUT2D eigenvalue weighted by molar-refractivity contribution is 5.89. The fourth-order valence-corrected chi connectivity index (χ4v) is 3.90. The van der Waals surface area contributed by atoms with Crippen molar-refractivity contribution in [2.75, 3.05) is 0 Å². The number of hydrogen-bond donors (Lipinski definition) is 0. The van der Waals surface area contributed by atoms with Gasteiger partial charge in [0.15, 0.2) is 11.4 Å². The van der Waals surface area contributed by atoms with Crippen LogP contribution in [0.5, 0.6) is 0 Å². The molecular weight excluding hydrogens is 200 g/mol. The van der Waals surface area contributed by atoms with Gasteiger partial charge in [0.2, 0.25) is 0 Å². The summed E-state index contributed by atoms with van der Waals surface area (Å²) in [5.74, 6) is 2.19. The zero-order valence-electron chi connectivity index (χ0n) is 10.3. The van der Waals surface area contributed by atoms with E-state index in [9.17, 15) is 4.79 Å². The molecule has 2 fully saturated rings. The third-order valence-corrected chi connectivity index (χ3v) is 5.05. The number of epoxide rings is 1. The van der Waals surface area contributed by atoms with E-state index < -0.39 is 5.60 Å². The van der Waals surface area contributed by atoms with Crippen LogP contribution in [0.4, 0.5) is 0 Å². The molecule has 3 rings (SSSR count). The van der Waals surface area contributed by atoms with Crippen molar-refractivity contribution in [1.82, 2.24) is 0 Å². The summed E-state index contributed by atoms with van der Waals surface area (Å²) in [5.41, 5.74) is 1.06. The lowest BCUT2D eigenvalue weighted by Gasteiger charge is -2.21. The molecule has 1 aliphatic heterocycles. The molecule has 0 bridgehead atoms. The van der Waals surface area contributed by atoms with Gasteiger partial charge in [0.05, 0.1) is 6.10 Å². The highest BCUT2D eigenvalue weighted by Gasteiger charge is 2.66. The van der Waals surface area contributed by atoms with Crippen LogP contribution >= 0.6 is 0 Å².